The molecule has 0 radical (unpaired) electrons. The Morgan fingerprint density at radius 1 is 1.57 bits per heavy atom. The van der Waals surface area contributed by atoms with Crippen LogP contribution in [0.25, 0.3) is 0 Å². The highest BCUT2D eigenvalue weighted by Crippen LogP contribution is 2.18. The maximum atomic E-state index is 12.8. The van der Waals surface area contributed by atoms with Crippen molar-refractivity contribution in [3.63, 3.8) is 0 Å². The molecule has 0 amide bonds. The zero-order chi connectivity index (χ0) is 10.6. The molecule has 0 saturated heterocycles. The summed E-state index contributed by atoms with van der Waals surface area (Å²) in [5.74, 6) is -0.209. The van der Waals surface area contributed by atoms with Gasteiger partial charge in [0.2, 0.25) is 0 Å². The largest absolute Gasteiger partial charge is 0.382 e. The van der Waals surface area contributed by atoms with Crippen LogP contribution in [-0.4, -0.2) is 19.8 Å². The summed E-state index contributed by atoms with van der Waals surface area (Å²) in [4.78, 5) is 0. The molecule has 14 heavy (non-hydrogen) atoms. The fourth-order valence-corrected chi connectivity index (χ4v) is 1.64. The number of methoxy groups -OCH3 is 1. The van der Waals surface area contributed by atoms with Gasteiger partial charge < -0.3 is 10.1 Å². The molecule has 4 heteroatoms. The quantitative estimate of drug-likeness (QED) is 0.864. The highest BCUT2D eigenvalue weighted by molar-refractivity contribution is 14.1. The van der Waals surface area contributed by atoms with Crippen LogP contribution in [0.2, 0.25) is 0 Å². The van der Waals surface area contributed by atoms with Crippen LogP contribution in [0.15, 0.2) is 18.2 Å². The first-order valence-electron chi connectivity index (χ1n) is 4.35. The van der Waals surface area contributed by atoms with Gasteiger partial charge in [0, 0.05) is 22.9 Å². The van der Waals surface area contributed by atoms with E-state index in [1.54, 1.807) is 13.2 Å². The average Bonchev–Trinajstić information content (AvgIpc) is 2.16. The van der Waals surface area contributed by atoms with Crippen LogP contribution < -0.4 is 5.32 Å². The second-order valence-corrected chi connectivity index (χ2v) is 4.21. The van der Waals surface area contributed by atoms with Crippen LogP contribution in [0.5, 0.6) is 0 Å². The summed E-state index contributed by atoms with van der Waals surface area (Å²) in [6.45, 7) is 2.70. The minimum atomic E-state index is -0.209. The fraction of sp³-hybridized carbons (Fsp3) is 0.400. The van der Waals surface area contributed by atoms with Crippen molar-refractivity contribution in [1.82, 2.24) is 0 Å². The fourth-order valence-electron chi connectivity index (χ4n) is 0.970. The van der Waals surface area contributed by atoms with E-state index in [0.29, 0.717) is 0 Å². The predicted molar refractivity (Wildman–Crippen MR) is 64.1 cm³/mol. The van der Waals surface area contributed by atoms with Crippen LogP contribution in [0.4, 0.5) is 10.1 Å². The molecule has 0 heterocycles. The van der Waals surface area contributed by atoms with E-state index in [1.165, 1.54) is 12.1 Å². The highest BCUT2D eigenvalue weighted by atomic mass is 127. The zero-order valence-corrected chi connectivity index (χ0v) is 10.3. The van der Waals surface area contributed by atoms with Gasteiger partial charge in [-0.25, -0.2) is 4.39 Å². The molecule has 1 aromatic carbocycles. The minimum absolute atomic E-state index is 0.149. The molecule has 1 atom stereocenters. The first-order valence-corrected chi connectivity index (χ1v) is 5.43. The van der Waals surface area contributed by atoms with Crippen molar-refractivity contribution in [2.75, 3.05) is 19.0 Å². The summed E-state index contributed by atoms with van der Waals surface area (Å²) in [5.41, 5.74) is 0.941. The van der Waals surface area contributed by atoms with Gasteiger partial charge >= 0.3 is 0 Å². The van der Waals surface area contributed by atoms with Crippen LogP contribution in [0, 0.1) is 9.39 Å². The number of benzene rings is 1. The van der Waals surface area contributed by atoms with Gasteiger partial charge in [0.05, 0.1) is 6.10 Å². The van der Waals surface area contributed by atoms with E-state index < -0.39 is 0 Å². The van der Waals surface area contributed by atoms with Crippen molar-refractivity contribution in [2.45, 2.75) is 13.0 Å². The van der Waals surface area contributed by atoms with E-state index in [9.17, 15) is 4.39 Å². The monoisotopic (exact) mass is 309 g/mol. The molecule has 0 aliphatic carbocycles. The van der Waals surface area contributed by atoms with Crippen molar-refractivity contribution < 1.29 is 9.13 Å². The predicted octanol–water partition coefficient (Wildman–Crippen LogP) is 2.88. The third-order valence-electron chi connectivity index (χ3n) is 1.91. The Morgan fingerprint density at radius 3 is 2.86 bits per heavy atom. The Hall–Kier alpha value is -0.360. The second-order valence-electron chi connectivity index (χ2n) is 3.05. The summed E-state index contributed by atoms with van der Waals surface area (Å²) in [7, 11) is 1.67. The number of nitrogens with one attached hydrogen (secondary N) is 1. The number of hydrogen-bond acceptors (Lipinski definition) is 2. The Labute approximate surface area is 97.0 Å². The Balaban J connectivity index is 2.59. The number of anilines is 1. The normalized spacial score (nSPS) is 12.6. The first-order chi connectivity index (χ1) is 6.63. The van der Waals surface area contributed by atoms with Crippen molar-refractivity contribution in [3.05, 3.63) is 27.6 Å². The van der Waals surface area contributed by atoms with Crippen molar-refractivity contribution in [1.29, 1.82) is 0 Å². The maximum Gasteiger partial charge on any atom is 0.124 e. The van der Waals surface area contributed by atoms with E-state index in [1.807, 2.05) is 6.92 Å². The van der Waals surface area contributed by atoms with Gasteiger partial charge in [-0.2, -0.15) is 0 Å². The molecule has 2 nitrogen and oxygen atoms in total. The molecule has 1 rings (SSSR count). The van der Waals surface area contributed by atoms with Gasteiger partial charge in [0.15, 0.2) is 0 Å². The molecule has 0 aromatic heterocycles. The van der Waals surface area contributed by atoms with Crippen LogP contribution in [0.1, 0.15) is 6.92 Å². The molecule has 0 saturated carbocycles. The van der Waals surface area contributed by atoms with Crippen molar-refractivity contribution >= 4 is 28.3 Å². The Morgan fingerprint density at radius 2 is 2.29 bits per heavy atom. The second kappa shape index (κ2) is 5.50. The lowest BCUT2D eigenvalue weighted by atomic mass is 10.3. The molecule has 0 fully saturated rings. The maximum absolute atomic E-state index is 12.8. The van der Waals surface area contributed by atoms with Gasteiger partial charge in [0.25, 0.3) is 0 Å². The smallest absolute Gasteiger partial charge is 0.124 e. The van der Waals surface area contributed by atoms with E-state index in [-0.39, 0.29) is 11.9 Å². The van der Waals surface area contributed by atoms with E-state index in [4.69, 9.17) is 4.74 Å². The molecule has 1 unspecified atom stereocenters. The van der Waals surface area contributed by atoms with Crippen molar-refractivity contribution in [3.8, 4) is 0 Å². The number of halogens is 2. The van der Waals surface area contributed by atoms with Crippen LogP contribution in [0.3, 0.4) is 0 Å². The zero-order valence-electron chi connectivity index (χ0n) is 8.18. The van der Waals surface area contributed by atoms with E-state index in [2.05, 4.69) is 27.9 Å². The lowest BCUT2D eigenvalue weighted by Crippen LogP contribution is -2.18. The molecule has 0 aliphatic rings. The summed E-state index contributed by atoms with van der Waals surface area (Å²) < 4.78 is 18.7. The summed E-state index contributed by atoms with van der Waals surface area (Å²) in [6.07, 6.45) is 0.149. The molecule has 0 aliphatic heterocycles. The summed E-state index contributed by atoms with van der Waals surface area (Å²) >= 11 is 2.10. The Kier molecular flexibility index (Phi) is 4.60. The van der Waals surface area contributed by atoms with Gasteiger partial charge in [-0.1, -0.05) is 0 Å². The average molecular weight is 309 g/mol. The van der Waals surface area contributed by atoms with Crippen LogP contribution in [-0.2, 0) is 4.74 Å². The molecule has 0 spiro atoms. The minimum Gasteiger partial charge on any atom is -0.382 e. The van der Waals surface area contributed by atoms with Crippen LogP contribution >= 0.6 is 22.6 Å². The first kappa shape index (κ1) is 11.7. The van der Waals surface area contributed by atoms with E-state index >= 15 is 0 Å². The number of ether oxygens (including phenoxy) is 1. The topological polar surface area (TPSA) is 21.3 Å². The third kappa shape index (κ3) is 3.42. The van der Waals surface area contributed by atoms with Crippen molar-refractivity contribution in [2.24, 2.45) is 0 Å². The summed E-state index contributed by atoms with van der Waals surface area (Å²) in [5, 5.41) is 3.19. The molecular weight excluding hydrogens is 296 g/mol. The van der Waals surface area contributed by atoms with Gasteiger partial charge in [-0.05, 0) is 47.7 Å². The number of hydrogen-bond donors (Lipinski definition) is 1. The van der Waals surface area contributed by atoms with Gasteiger partial charge in [-0.3, -0.25) is 0 Å². The molecule has 1 N–H and O–H groups in total. The molecule has 78 valence electrons. The Bertz CT molecular complexity index is 306. The number of rotatable bonds is 4. The molecular formula is C10H13FINO. The standard InChI is InChI=1S/C10H13FINO/c1-7(14-2)6-13-10-4-3-8(11)5-9(10)12/h3-5,7,13H,6H2,1-2H3. The third-order valence-corrected chi connectivity index (χ3v) is 2.81. The lowest BCUT2D eigenvalue weighted by molar-refractivity contribution is 0.129. The van der Waals surface area contributed by atoms with Gasteiger partial charge in [-0.15, -0.1) is 0 Å². The highest BCUT2D eigenvalue weighted by Gasteiger charge is 2.03. The van der Waals surface area contributed by atoms with Gasteiger partial charge in [0.1, 0.15) is 5.82 Å². The lowest BCUT2D eigenvalue weighted by Gasteiger charge is -2.12. The SMILES string of the molecule is COC(C)CNc1ccc(F)cc1I. The van der Waals surface area contributed by atoms with E-state index in [0.717, 1.165) is 15.8 Å². The summed E-state index contributed by atoms with van der Waals surface area (Å²) in [6, 6.07) is 4.68. The molecule has 0 bridgehead atoms. The molecule has 1 aromatic rings.